The lowest BCUT2D eigenvalue weighted by molar-refractivity contribution is -0.402. The summed E-state index contributed by atoms with van der Waals surface area (Å²) in [6.45, 7) is 1.96. The summed E-state index contributed by atoms with van der Waals surface area (Å²) in [6, 6.07) is 10.2. The molecular formula is C13H12N2O4S. The van der Waals surface area contributed by atoms with Gasteiger partial charge in [-0.25, -0.2) is 0 Å². The maximum Gasteiger partial charge on any atom is 0.433 e. The minimum atomic E-state index is -0.611. The number of hydrogen-bond acceptors (Lipinski definition) is 5. The van der Waals surface area contributed by atoms with Crippen LogP contribution in [0.25, 0.3) is 0 Å². The normalized spacial score (nSPS) is 10.2. The molecule has 104 valence electrons. The van der Waals surface area contributed by atoms with Crippen molar-refractivity contribution in [2.24, 2.45) is 0 Å². The van der Waals surface area contributed by atoms with Crippen molar-refractivity contribution < 1.29 is 14.1 Å². The molecule has 1 amide bonds. The van der Waals surface area contributed by atoms with Gasteiger partial charge in [0.05, 0.1) is 11.8 Å². The van der Waals surface area contributed by atoms with Crippen LogP contribution in [0, 0.1) is 17.0 Å². The molecular weight excluding hydrogens is 280 g/mol. The number of nitrogens with zero attached hydrogens (tertiary/aromatic N) is 1. The molecule has 0 saturated heterocycles. The van der Waals surface area contributed by atoms with Crippen LogP contribution in [-0.2, 0) is 5.75 Å². The van der Waals surface area contributed by atoms with Crippen LogP contribution in [0.3, 0.4) is 0 Å². The largest absolute Gasteiger partial charge is 0.433 e. The van der Waals surface area contributed by atoms with E-state index < -0.39 is 4.92 Å². The highest BCUT2D eigenvalue weighted by Gasteiger charge is 2.13. The average Bonchev–Trinajstić information content (AvgIpc) is 2.88. The molecule has 0 aliphatic rings. The molecule has 0 saturated carbocycles. The van der Waals surface area contributed by atoms with Crippen molar-refractivity contribution >= 4 is 28.6 Å². The first-order chi connectivity index (χ1) is 9.54. The molecule has 0 fully saturated rings. The highest BCUT2D eigenvalue weighted by Crippen LogP contribution is 2.21. The fraction of sp³-hybridized carbons (Fsp3) is 0.154. The summed E-state index contributed by atoms with van der Waals surface area (Å²) in [5.41, 5.74) is 1.82. The molecule has 0 aliphatic heterocycles. The Kier molecular flexibility index (Phi) is 4.41. The number of aryl methyl sites for hydroxylation is 1. The van der Waals surface area contributed by atoms with E-state index in [1.54, 1.807) is 0 Å². The summed E-state index contributed by atoms with van der Waals surface area (Å²) < 4.78 is 4.96. The van der Waals surface area contributed by atoms with E-state index in [1.165, 1.54) is 12.1 Å². The van der Waals surface area contributed by atoms with Gasteiger partial charge in [-0.3, -0.25) is 14.9 Å². The van der Waals surface area contributed by atoms with E-state index in [-0.39, 0.29) is 16.9 Å². The Morgan fingerprint density at radius 1 is 1.30 bits per heavy atom. The van der Waals surface area contributed by atoms with Crippen LogP contribution in [0.15, 0.2) is 40.8 Å². The van der Waals surface area contributed by atoms with Crippen molar-refractivity contribution in [1.82, 2.24) is 0 Å². The summed E-state index contributed by atoms with van der Waals surface area (Å²) >= 11 is 0.987. The SMILES string of the molecule is Cc1ccc(NC(=O)SCc2ccc([N+](=O)[O-])o2)cc1. The molecule has 1 aromatic heterocycles. The molecule has 0 unspecified atom stereocenters. The molecule has 1 aromatic carbocycles. The van der Waals surface area contributed by atoms with Crippen molar-refractivity contribution in [3.63, 3.8) is 0 Å². The van der Waals surface area contributed by atoms with Crippen molar-refractivity contribution in [2.75, 3.05) is 5.32 Å². The number of amides is 1. The fourth-order valence-electron chi connectivity index (χ4n) is 1.47. The van der Waals surface area contributed by atoms with Gasteiger partial charge < -0.3 is 9.73 Å². The Balaban J connectivity index is 1.85. The molecule has 6 nitrogen and oxygen atoms in total. The summed E-state index contributed by atoms with van der Waals surface area (Å²) in [5, 5.41) is 12.9. The van der Waals surface area contributed by atoms with Crippen molar-refractivity contribution in [2.45, 2.75) is 12.7 Å². The first kappa shape index (κ1) is 14.1. The van der Waals surface area contributed by atoms with Crippen LogP contribution in [0.2, 0.25) is 0 Å². The number of thioether (sulfide) groups is 1. The third-order valence-electron chi connectivity index (χ3n) is 2.47. The Bertz CT molecular complexity index is 622. The lowest BCUT2D eigenvalue weighted by Crippen LogP contribution is -2.04. The van der Waals surface area contributed by atoms with Crippen LogP contribution in [0.5, 0.6) is 0 Å². The van der Waals surface area contributed by atoms with Crippen molar-refractivity contribution in [3.05, 3.63) is 57.8 Å². The fourth-order valence-corrected chi connectivity index (χ4v) is 2.09. The molecule has 0 atom stereocenters. The summed E-state index contributed by atoms with van der Waals surface area (Å²) in [7, 11) is 0. The van der Waals surface area contributed by atoms with E-state index in [1.807, 2.05) is 31.2 Å². The topological polar surface area (TPSA) is 85.4 Å². The second-order valence-corrected chi connectivity index (χ2v) is 5.01. The predicted octanol–water partition coefficient (Wildman–Crippen LogP) is 3.96. The second-order valence-electron chi connectivity index (χ2n) is 4.06. The van der Waals surface area contributed by atoms with E-state index in [0.717, 1.165) is 17.3 Å². The van der Waals surface area contributed by atoms with Gasteiger partial charge in [-0.05, 0) is 25.1 Å². The van der Waals surface area contributed by atoms with E-state index in [0.29, 0.717) is 11.4 Å². The molecule has 0 bridgehead atoms. The third kappa shape index (κ3) is 3.86. The number of anilines is 1. The molecule has 1 N–H and O–H groups in total. The first-order valence-corrected chi connectivity index (χ1v) is 6.77. The molecule has 1 heterocycles. The molecule has 20 heavy (non-hydrogen) atoms. The Morgan fingerprint density at radius 2 is 2.00 bits per heavy atom. The number of hydrogen-bond donors (Lipinski definition) is 1. The molecule has 0 aliphatic carbocycles. The van der Waals surface area contributed by atoms with Crippen LogP contribution >= 0.6 is 11.8 Å². The monoisotopic (exact) mass is 292 g/mol. The number of rotatable bonds is 4. The Morgan fingerprint density at radius 3 is 2.60 bits per heavy atom. The van der Waals surface area contributed by atoms with Gasteiger partial charge in [0.15, 0.2) is 0 Å². The van der Waals surface area contributed by atoms with Gasteiger partial charge in [-0.2, -0.15) is 0 Å². The number of carbonyl (C=O) groups excluding carboxylic acids is 1. The predicted molar refractivity (Wildman–Crippen MR) is 76.9 cm³/mol. The molecule has 7 heteroatoms. The Hall–Kier alpha value is -2.28. The zero-order valence-electron chi connectivity index (χ0n) is 10.7. The van der Waals surface area contributed by atoms with Gasteiger partial charge in [0.2, 0.25) is 0 Å². The quantitative estimate of drug-likeness (QED) is 0.681. The summed E-state index contributed by atoms with van der Waals surface area (Å²) in [4.78, 5) is 21.5. The van der Waals surface area contributed by atoms with Crippen molar-refractivity contribution in [3.8, 4) is 0 Å². The van der Waals surface area contributed by atoms with Crippen molar-refractivity contribution in [1.29, 1.82) is 0 Å². The smallest absolute Gasteiger partial charge is 0.405 e. The van der Waals surface area contributed by atoms with Gasteiger partial charge in [-0.1, -0.05) is 29.5 Å². The number of benzene rings is 1. The van der Waals surface area contributed by atoms with Gasteiger partial charge in [-0.15, -0.1) is 0 Å². The highest BCUT2D eigenvalue weighted by atomic mass is 32.2. The average molecular weight is 292 g/mol. The number of furan rings is 1. The van der Waals surface area contributed by atoms with Gasteiger partial charge in [0.25, 0.3) is 5.24 Å². The van der Waals surface area contributed by atoms with Gasteiger partial charge in [0, 0.05) is 5.69 Å². The second kappa shape index (κ2) is 6.25. The lowest BCUT2D eigenvalue weighted by atomic mass is 10.2. The zero-order valence-corrected chi connectivity index (χ0v) is 11.5. The maximum atomic E-state index is 11.7. The van der Waals surface area contributed by atoms with Crippen LogP contribution in [0.4, 0.5) is 16.4 Å². The number of nitrogens with one attached hydrogen (secondary N) is 1. The van der Waals surface area contributed by atoms with E-state index in [4.69, 9.17) is 4.42 Å². The van der Waals surface area contributed by atoms with Crippen LogP contribution < -0.4 is 5.32 Å². The molecule has 0 radical (unpaired) electrons. The van der Waals surface area contributed by atoms with Crippen LogP contribution in [0.1, 0.15) is 11.3 Å². The minimum absolute atomic E-state index is 0.242. The lowest BCUT2D eigenvalue weighted by Gasteiger charge is -2.03. The number of carbonyl (C=O) groups is 1. The van der Waals surface area contributed by atoms with E-state index in [2.05, 4.69) is 5.32 Å². The molecule has 0 spiro atoms. The molecule has 2 aromatic rings. The Labute approximate surface area is 119 Å². The maximum absolute atomic E-state index is 11.7. The zero-order chi connectivity index (χ0) is 14.5. The first-order valence-electron chi connectivity index (χ1n) is 5.78. The minimum Gasteiger partial charge on any atom is -0.405 e. The van der Waals surface area contributed by atoms with Gasteiger partial charge in [0.1, 0.15) is 10.7 Å². The van der Waals surface area contributed by atoms with Gasteiger partial charge >= 0.3 is 5.88 Å². The van der Waals surface area contributed by atoms with Crippen LogP contribution in [-0.4, -0.2) is 10.2 Å². The van der Waals surface area contributed by atoms with E-state index >= 15 is 0 Å². The van der Waals surface area contributed by atoms with E-state index in [9.17, 15) is 14.9 Å². The molecule has 2 rings (SSSR count). The highest BCUT2D eigenvalue weighted by molar-refractivity contribution is 8.13. The summed E-state index contributed by atoms with van der Waals surface area (Å²) in [6.07, 6.45) is 0. The number of nitro groups is 1. The third-order valence-corrected chi connectivity index (χ3v) is 3.26. The standard InChI is InChI=1S/C13H12N2O4S/c1-9-2-4-10(5-3-9)14-13(16)20-8-11-6-7-12(19-11)15(17)18/h2-7H,8H2,1H3,(H,14,16). The summed E-state index contributed by atoms with van der Waals surface area (Å²) in [5.74, 6) is 0.311.